The summed E-state index contributed by atoms with van der Waals surface area (Å²) in [6.07, 6.45) is 3.77. The molecule has 2 saturated heterocycles. The molecule has 1 aromatic carbocycles. The van der Waals surface area contributed by atoms with E-state index < -0.39 is 29.2 Å². The molecular formula is C26H37N5O7S. The van der Waals surface area contributed by atoms with Crippen LogP contribution >= 0.6 is 0 Å². The Morgan fingerprint density at radius 2 is 1.69 bits per heavy atom. The van der Waals surface area contributed by atoms with Crippen molar-refractivity contribution in [2.75, 3.05) is 44.6 Å². The van der Waals surface area contributed by atoms with Gasteiger partial charge in [-0.3, -0.25) is 19.3 Å². The van der Waals surface area contributed by atoms with E-state index in [1.54, 1.807) is 9.21 Å². The summed E-state index contributed by atoms with van der Waals surface area (Å²) >= 11 is -1.83. The molecule has 3 unspecified atom stereocenters. The van der Waals surface area contributed by atoms with Gasteiger partial charge in [-0.25, -0.2) is 4.79 Å². The molecule has 39 heavy (non-hydrogen) atoms. The van der Waals surface area contributed by atoms with Crippen molar-refractivity contribution in [3.05, 3.63) is 29.8 Å². The van der Waals surface area contributed by atoms with Crippen LogP contribution in [0.25, 0.3) is 0 Å². The first-order valence-corrected chi connectivity index (χ1v) is 14.4. The van der Waals surface area contributed by atoms with E-state index >= 15 is 0 Å². The molecule has 3 fully saturated rings. The third kappa shape index (κ3) is 7.21. The van der Waals surface area contributed by atoms with Crippen LogP contribution in [-0.2, 0) is 29.8 Å². The van der Waals surface area contributed by atoms with Gasteiger partial charge in [-0.15, -0.1) is 0 Å². The quantitative estimate of drug-likeness (QED) is 0.416. The third-order valence-corrected chi connectivity index (χ3v) is 9.15. The number of anilines is 1. The van der Waals surface area contributed by atoms with E-state index in [4.69, 9.17) is 15.0 Å². The van der Waals surface area contributed by atoms with Gasteiger partial charge < -0.3 is 25.2 Å². The van der Waals surface area contributed by atoms with E-state index in [2.05, 4.69) is 10.2 Å². The monoisotopic (exact) mass is 563 g/mol. The highest BCUT2D eigenvalue weighted by atomic mass is 32.2. The molecule has 2 amide bonds. The van der Waals surface area contributed by atoms with Crippen LogP contribution in [-0.4, -0.2) is 98.5 Å². The van der Waals surface area contributed by atoms with Crippen LogP contribution in [0.2, 0.25) is 0 Å². The number of carboxylic acids is 1. The highest BCUT2D eigenvalue weighted by Gasteiger charge is 2.44. The largest absolute Gasteiger partial charge is 0.478 e. The van der Waals surface area contributed by atoms with Gasteiger partial charge in [0.15, 0.2) is 0 Å². The van der Waals surface area contributed by atoms with Gasteiger partial charge in [0.2, 0.25) is 11.8 Å². The molecule has 3 atom stereocenters. The number of amides is 2. The molecule has 0 radical (unpaired) electrons. The Morgan fingerprint density at radius 1 is 1.05 bits per heavy atom. The lowest BCUT2D eigenvalue weighted by Crippen LogP contribution is -2.52. The summed E-state index contributed by atoms with van der Waals surface area (Å²) in [5.74, 6) is -1.68. The van der Waals surface area contributed by atoms with Crippen LogP contribution in [0.15, 0.2) is 24.3 Å². The maximum atomic E-state index is 13.7. The first kappa shape index (κ1) is 29.1. The van der Waals surface area contributed by atoms with Crippen molar-refractivity contribution in [1.82, 2.24) is 14.1 Å². The Kier molecular flexibility index (Phi) is 9.70. The molecule has 1 aliphatic carbocycles. The number of nitrogens with one attached hydrogen (secondary N) is 1. The summed E-state index contributed by atoms with van der Waals surface area (Å²) in [4.78, 5) is 53.4. The lowest BCUT2D eigenvalue weighted by atomic mass is 9.81. The average Bonchev–Trinajstić information content (AvgIpc) is 3.38. The molecular weight excluding hydrogens is 526 g/mol. The molecule has 4 N–H and O–H groups in total. The zero-order valence-corrected chi connectivity index (χ0v) is 22.9. The smallest absolute Gasteiger partial charge is 0.335 e. The van der Waals surface area contributed by atoms with E-state index in [9.17, 15) is 23.4 Å². The number of piperazine rings is 1. The van der Waals surface area contributed by atoms with Crippen LogP contribution < -0.4 is 11.1 Å². The number of carbonyl (C=O) groups is 4. The topological polar surface area (TPSA) is 163 Å². The van der Waals surface area contributed by atoms with Gasteiger partial charge >= 0.3 is 11.9 Å². The van der Waals surface area contributed by atoms with Gasteiger partial charge in [-0.1, -0.05) is 0 Å². The van der Waals surface area contributed by atoms with Gasteiger partial charge in [-0.05, 0) is 68.8 Å². The maximum Gasteiger partial charge on any atom is 0.335 e. The van der Waals surface area contributed by atoms with Gasteiger partial charge in [-0.2, -0.15) is 8.51 Å². The maximum absolute atomic E-state index is 13.7. The minimum absolute atomic E-state index is 0.0102. The van der Waals surface area contributed by atoms with E-state index in [0.717, 1.165) is 25.7 Å². The van der Waals surface area contributed by atoms with Crippen molar-refractivity contribution in [3.8, 4) is 0 Å². The van der Waals surface area contributed by atoms with Crippen LogP contribution in [0, 0.1) is 11.8 Å². The number of hydrogen-bond acceptors (Lipinski definition) is 8. The number of benzene rings is 1. The number of likely N-dealkylation sites (tertiary alicyclic amines) is 1. The molecule has 12 nitrogen and oxygen atoms in total. The minimum atomic E-state index is -1.83. The van der Waals surface area contributed by atoms with E-state index in [0.29, 0.717) is 57.3 Å². The summed E-state index contributed by atoms with van der Waals surface area (Å²) in [6.45, 7) is 4.23. The van der Waals surface area contributed by atoms with Crippen LogP contribution in [0.4, 0.5) is 5.69 Å². The molecule has 1 saturated carbocycles. The first-order chi connectivity index (χ1) is 18.7. The Bertz CT molecular complexity index is 1080. The fraction of sp³-hybridized carbons (Fsp3) is 0.615. The van der Waals surface area contributed by atoms with Crippen molar-refractivity contribution >= 4 is 40.7 Å². The fourth-order valence-electron chi connectivity index (χ4n) is 5.74. The van der Waals surface area contributed by atoms with Crippen molar-refractivity contribution in [2.45, 2.75) is 51.1 Å². The zero-order chi connectivity index (χ0) is 28.1. The van der Waals surface area contributed by atoms with Crippen molar-refractivity contribution in [1.29, 1.82) is 0 Å². The predicted octanol–water partition coefficient (Wildman–Crippen LogP) is 0.817. The number of hydrogen-bond donors (Lipinski definition) is 3. The predicted molar refractivity (Wildman–Crippen MR) is 143 cm³/mol. The Labute approximate surface area is 230 Å². The number of carbonyl (C=O) groups excluding carboxylic acids is 3. The molecule has 214 valence electrons. The number of nitrogens with two attached hydrogens (primary N) is 1. The van der Waals surface area contributed by atoms with E-state index in [1.165, 1.54) is 31.2 Å². The summed E-state index contributed by atoms with van der Waals surface area (Å²) in [5, 5.41) is 12.0. The summed E-state index contributed by atoms with van der Waals surface area (Å²) in [5.41, 5.74) is 6.41. The summed E-state index contributed by atoms with van der Waals surface area (Å²) < 4.78 is 18.6. The number of rotatable bonds is 8. The van der Waals surface area contributed by atoms with Crippen molar-refractivity contribution in [2.24, 2.45) is 17.6 Å². The molecule has 4 rings (SSSR count). The second kappa shape index (κ2) is 13.0. The Morgan fingerprint density at radius 3 is 2.26 bits per heavy atom. The van der Waals surface area contributed by atoms with Gasteiger partial charge in [0.25, 0.3) is 11.3 Å². The van der Waals surface area contributed by atoms with Crippen LogP contribution in [0.3, 0.4) is 0 Å². The fourth-order valence-corrected chi connectivity index (χ4v) is 6.51. The normalized spacial score (nSPS) is 27.1. The van der Waals surface area contributed by atoms with Gasteiger partial charge in [0.05, 0.1) is 5.56 Å². The molecule has 0 aromatic heterocycles. The minimum Gasteiger partial charge on any atom is -0.478 e. The standard InChI is InChI=1S/C26H37N5O7S/c1-17(32)38-39(37)30-12-10-29(11-13-30)22-14-23(24(33)28-21-8-6-20(7-9-21)26(35)36)31(16-22)25(34)19-4-2-18(15-27)3-5-19/h6-9,18-19,22-23H,2-5,10-16,27H2,1H3,(H,28,33)(H,35,36). The average molecular weight is 564 g/mol. The lowest BCUT2D eigenvalue weighted by molar-refractivity contribution is -0.141. The molecule has 2 heterocycles. The Balaban J connectivity index is 1.44. The zero-order valence-electron chi connectivity index (χ0n) is 22.1. The second-order valence-electron chi connectivity index (χ2n) is 10.5. The first-order valence-electron chi connectivity index (χ1n) is 13.4. The molecule has 2 aliphatic heterocycles. The molecule has 0 bridgehead atoms. The highest BCUT2D eigenvalue weighted by molar-refractivity contribution is 7.78. The summed E-state index contributed by atoms with van der Waals surface area (Å²) in [6, 6.07) is 5.21. The number of aromatic carboxylic acids is 1. The number of nitrogens with zero attached hydrogens (tertiary/aromatic N) is 3. The van der Waals surface area contributed by atoms with Crippen molar-refractivity contribution in [3.63, 3.8) is 0 Å². The summed E-state index contributed by atoms with van der Waals surface area (Å²) in [7, 11) is 0. The second-order valence-corrected chi connectivity index (χ2v) is 11.6. The molecule has 3 aliphatic rings. The SMILES string of the molecule is CC(=O)OS(=O)N1CCN(C2CC(C(=O)Nc3ccc(C(=O)O)cc3)N(C(=O)C3CCC(CN)CC3)C2)CC1. The number of carboxylic acid groups (broad SMARTS) is 1. The van der Waals surface area contributed by atoms with Gasteiger partial charge in [0.1, 0.15) is 6.04 Å². The van der Waals surface area contributed by atoms with Gasteiger partial charge in [0, 0.05) is 57.3 Å². The molecule has 0 spiro atoms. The highest BCUT2D eigenvalue weighted by Crippen LogP contribution is 2.33. The van der Waals surface area contributed by atoms with E-state index in [-0.39, 0.29) is 29.3 Å². The van der Waals surface area contributed by atoms with Crippen molar-refractivity contribution < 1.29 is 32.7 Å². The Hall–Kier alpha value is -2.87. The molecule has 13 heteroatoms. The molecule has 1 aromatic rings. The lowest BCUT2D eigenvalue weighted by Gasteiger charge is -2.36. The van der Waals surface area contributed by atoms with E-state index in [1.807, 2.05) is 0 Å². The third-order valence-electron chi connectivity index (χ3n) is 7.98. The van der Waals surface area contributed by atoms with Crippen LogP contribution in [0.1, 0.15) is 49.4 Å². The van der Waals surface area contributed by atoms with Crippen LogP contribution in [0.5, 0.6) is 0 Å².